The summed E-state index contributed by atoms with van der Waals surface area (Å²) in [5, 5.41) is 0. The van der Waals surface area contributed by atoms with Crippen LogP contribution in [0.2, 0.25) is 0 Å². The van der Waals surface area contributed by atoms with E-state index in [1.54, 1.807) is 7.11 Å². The van der Waals surface area contributed by atoms with Crippen molar-refractivity contribution in [3.05, 3.63) is 12.2 Å². The Bertz CT molecular complexity index is 333. The third-order valence-electron chi connectivity index (χ3n) is 3.94. The number of carbonyl (C=O) groups excluding carboxylic acids is 1. The molecule has 1 aliphatic heterocycles. The standard InChI is InChI=1S/C17H31NO4/c1-3-4-5-6-7-8-9-10-15-17(22-16(19)13-18)14(20-2)11-12-21-15/h9-10,14-15,17H,3-8,11-13,18H2,1-2H3/b10-9-/t14-,15-,17+/m0/s1. The number of carbonyl (C=O) groups is 1. The van der Waals surface area contributed by atoms with E-state index in [0.717, 1.165) is 12.8 Å². The maximum absolute atomic E-state index is 11.5. The number of hydrogen-bond acceptors (Lipinski definition) is 5. The van der Waals surface area contributed by atoms with Gasteiger partial charge in [-0.3, -0.25) is 4.79 Å². The van der Waals surface area contributed by atoms with Gasteiger partial charge in [0, 0.05) is 13.5 Å². The fourth-order valence-electron chi connectivity index (χ4n) is 2.65. The van der Waals surface area contributed by atoms with Gasteiger partial charge in [-0.25, -0.2) is 0 Å². The minimum absolute atomic E-state index is 0.124. The molecule has 5 nitrogen and oxygen atoms in total. The van der Waals surface area contributed by atoms with E-state index in [2.05, 4.69) is 13.0 Å². The molecule has 128 valence electrons. The maximum Gasteiger partial charge on any atom is 0.320 e. The normalized spacial score (nSPS) is 25.5. The highest BCUT2D eigenvalue weighted by atomic mass is 16.6. The molecule has 1 rings (SSSR count). The van der Waals surface area contributed by atoms with Crippen LogP contribution in [-0.4, -0.2) is 44.5 Å². The first-order valence-corrected chi connectivity index (χ1v) is 8.43. The lowest BCUT2D eigenvalue weighted by Gasteiger charge is -2.35. The maximum atomic E-state index is 11.5. The Balaban J connectivity index is 2.44. The Labute approximate surface area is 134 Å². The van der Waals surface area contributed by atoms with Crippen LogP contribution in [0.4, 0.5) is 0 Å². The number of nitrogens with two attached hydrogens (primary N) is 1. The highest BCUT2D eigenvalue weighted by Crippen LogP contribution is 2.22. The number of unbranched alkanes of at least 4 members (excludes halogenated alkanes) is 5. The molecular weight excluding hydrogens is 282 g/mol. The van der Waals surface area contributed by atoms with Crippen LogP contribution >= 0.6 is 0 Å². The summed E-state index contributed by atoms with van der Waals surface area (Å²) in [5.74, 6) is -0.421. The van der Waals surface area contributed by atoms with Crippen LogP contribution in [0.1, 0.15) is 51.9 Å². The van der Waals surface area contributed by atoms with Crippen molar-refractivity contribution >= 4 is 5.97 Å². The second kappa shape index (κ2) is 11.6. The van der Waals surface area contributed by atoms with Crippen LogP contribution in [0.3, 0.4) is 0 Å². The van der Waals surface area contributed by atoms with Crippen molar-refractivity contribution in [1.82, 2.24) is 0 Å². The summed E-state index contributed by atoms with van der Waals surface area (Å²) < 4.78 is 16.5. The molecule has 1 fully saturated rings. The molecule has 1 aliphatic rings. The summed E-state index contributed by atoms with van der Waals surface area (Å²) in [6, 6.07) is 0. The first kappa shape index (κ1) is 19.1. The molecule has 1 saturated heterocycles. The number of methoxy groups -OCH3 is 1. The Hall–Kier alpha value is -0.910. The summed E-state index contributed by atoms with van der Waals surface area (Å²) in [6.07, 6.45) is 11.4. The van der Waals surface area contributed by atoms with E-state index in [4.69, 9.17) is 19.9 Å². The van der Waals surface area contributed by atoms with Gasteiger partial charge in [0.2, 0.25) is 0 Å². The highest BCUT2D eigenvalue weighted by molar-refractivity contribution is 5.71. The van der Waals surface area contributed by atoms with Crippen molar-refractivity contribution in [3.8, 4) is 0 Å². The Morgan fingerprint density at radius 2 is 2.09 bits per heavy atom. The predicted molar refractivity (Wildman–Crippen MR) is 86.6 cm³/mol. The smallest absolute Gasteiger partial charge is 0.320 e. The minimum Gasteiger partial charge on any atom is -0.456 e. The topological polar surface area (TPSA) is 70.8 Å². The lowest BCUT2D eigenvalue weighted by Crippen LogP contribution is -2.48. The van der Waals surface area contributed by atoms with Crippen molar-refractivity contribution < 1.29 is 19.0 Å². The van der Waals surface area contributed by atoms with Crippen molar-refractivity contribution in [2.75, 3.05) is 20.3 Å². The van der Waals surface area contributed by atoms with Gasteiger partial charge in [-0.05, 0) is 12.8 Å². The Kier molecular flexibility index (Phi) is 10.1. The molecule has 0 saturated carbocycles. The quantitative estimate of drug-likeness (QED) is 0.381. The first-order chi connectivity index (χ1) is 10.7. The van der Waals surface area contributed by atoms with E-state index in [1.165, 1.54) is 32.1 Å². The lowest BCUT2D eigenvalue weighted by atomic mass is 10.0. The van der Waals surface area contributed by atoms with Crippen molar-refractivity contribution in [3.63, 3.8) is 0 Å². The number of rotatable bonds is 10. The van der Waals surface area contributed by atoms with E-state index in [0.29, 0.717) is 6.61 Å². The minimum atomic E-state index is -0.421. The van der Waals surface area contributed by atoms with E-state index >= 15 is 0 Å². The van der Waals surface area contributed by atoms with Gasteiger partial charge in [0.25, 0.3) is 0 Å². The van der Waals surface area contributed by atoms with Gasteiger partial charge >= 0.3 is 5.97 Å². The van der Waals surface area contributed by atoms with Crippen molar-refractivity contribution in [2.24, 2.45) is 5.73 Å². The van der Waals surface area contributed by atoms with Crippen molar-refractivity contribution in [2.45, 2.75) is 70.2 Å². The first-order valence-electron chi connectivity index (χ1n) is 8.43. The van der Waals surface area contributed by atoms with E-state index < -0.39 is 12.1 Å². The fourth-order valence-corrected chi connectivity index (χ4v) is 2.65. The molecule has 0 aromatic rings. The largest absolute Gasteiger partial charge is 0.456 e. The number of ether oxygens (including phenoxy) is 3. The van der Waals surface area contributed by atoms with E-state index in [-0.39, 0.29) is 18.8 Å². The van der Waals surface area contributed by atoms with Crippen LogP contribution in [0, 0.1) is 0 Å². The molecule has 5 heteroatoms. The second-order valence-electron chi connectivity index (χ2n) is 5.69. The molecule has 0 amide bonds. The average molecular weight is 313 g/mol. The summed E-state index contributed by atoms with van der Waals surface area (Å²) in [4.78, 5) is 11.5. The molecule has 0 aromatic carbocycles. The van der Waals surface area contributed by atoms with Gasteiger partial charge in [0.15, 0.2) is 6.10 Å². The molecular formula is C17H31NO4. The summed E-state index contributed by atoms with van der Waals surface area (Å²) >= 11 is 0. The number of esters is 1. The lowest BCUT2D eigenvalue weighted by molar-refractivity contribution is -0.177. The van der Waals surface area contributed by atoms with Crippen LogP contribution in [0.15, 0.2) is 12.2 Å². The summed E-state index contributed by atoms with van der Waals surface area (Å²) in [7, 11) is 1.63. The highest BCUT2D eigenvalue weighted by Gasteiger charge is 2.35. The molecule has 0 spiro atoms. The van der Waals surface area contributed by atoms with Gasteiger partial charge in [0.1, 0.15) is 6.10 Å². The Morgan fingerprint density at radius 1 is 1.32 bits per heavy atom. The van der Waals surface area contributed by atoms with Crippen molar-refractivity contribution in [1.29, 1.82) is 0 Å². The van der Waals surface area contributed by atoms with Crippen LogP contribution in [0.25, 0.3) is 0 Å². The van der Waals surface area contributed by atoms with E-state index in [9.17, 15) is 4.79 Å². The molecule has 1 heterocycles. The van der Waals surface area contributed by atoms with Gasteiger partial charge in [-0.2, -0.15) is 0 Å². The summed E-state index contributed by atoms with van der Waals surface area (Å²) in [6.45, 7) is 2.71. The monoisotopic (exact) mass is 313 g/mol. The van der Waals surface area contributed by atoms with Gasteiger partial charge in [0.05, 0.1) is 19.3 Å². The SMILES string of the molecule is CCCCCCC/C=C\[C@@H]1OCC[C@H](OC)[C@H]1OC(=O)CN. The molecule has 0 aliphatic carbocycles. The molecule has 2 N–H and O–H groups in total. The fraction of sp³-hybridized carbons (Fsp3) is 0.824. The third kappa shape index (κ3) is 6.90. The molecule has 0 unspecified atom stereocenters. The predicted octanol–water partition coefficient (Wildman–Crippen LogP) is 2.58. The molecule has 0 aromatic heterocycles. The number of hydrogen-bond donors (Lipinski definition) is 1. The van der Waals surface area contributed by atoms with Crippen LogP contribution in [0.5, 0.6) is 0 Å². The zero-order chi connectivity index (χ0) is 16.2. The zero-order valence-corrected chi connectivity index (χ0v) is 14.0. The van der Waals surface area contributed by atoms with Crippen LogP contribution < -0.4 is 5.73 Å². The molecule has 0 radical (unpaired) electrons. The molecule has 22 heavy (non-hydrogen) atoms. The molecule has 3 atom stereocenters. The van der Waals surface area contributed by atoms with Gasteiger partial charge in [-0.1, -0.05) is 44.8 Å². The van der Waals surface area contributed by atoms with E-state index in [1.807, 2.05) is 6.08 Å². The van der Waals surface area contributed by atoms with Crippen LogP contribution in [-0.2, 0) is 19.0 Å². The summed E-state index contributed by atoms with van der Waals surface area (Å²) in [5.41, 5.74) is 5.33. The van der Waals surface area contributed by atoms with Gasteiger partial charge in [-0.15, -0.1) is 0 Å². The van der Waals surface area contributed by atoms with Gasteiger partial charge < -0.3 is 19.9 Å². The molecule has 0 bridgehead atoms. The third-order valence-corrected chi connectivity index (χ3v) is 3.94. The zero-order valence-electron chi connectivity index (χ0n) is 14.0. The average Bonchev–Trinajstić information content (AvgIpc) is 2.54. The number of allylic oxidation sites excluding steroid dienone is 1. The Morgan fingerprint density at radius 3 is 2.77 bits per heavy atom. The second-order valence-corrected chi connectivity index (χ2v) is 5.69.